The first-order valence-corrected chi connectivity index (χ1v) is 9.48. The highest BCUT2D eigenvalue weighted by molar-refractivity contribution is 7.13. The molecule has 2 aromatic heterocycles. The molecule has 1 aromatic carbocycles. The lowest BCUT2D eigenvalue weighted by Crippen LogP contribution is -2.10. The predicted octanol–water partition coefficient (Wildman–Crippen LogP) is 4.38. The van der Waals surface area contributed by atoms with Crippen molar-refractivity contribution >= 4 is 22.9 Å². The second kappa shape index (κ2) is 8.14. The molecule has 0 saturated heterocycles. The zero-order valence-corrected chi connectivity index (χ0v) is 15.9. The van der Waals surface area contributed by atoms with Crippen molar-refractivity contribution in [1.29, 1.82) is 0 Å². The SMILES string of the molecule is CCC(=O)Nc1cccc(-n2nc(OCC(C)C)nc2-c2cccs2)c1. The van der Waals surface area contributed by atoms with E-state index in [1.807, 2.05) is 48.7 Å². The van der Waals surface area contributed by atoms with Gasteiger partial charge in [0, 0.05) is 12.1 Å². The van der Waals surface area contributed by atoms with Gasteiger partial charge in [0.15, 0.2) is 5.82 Å². The Kier molecular flexibility index (Phi) is 5.68. The number of hydrogen-bond acceptors (Lipinski definition) is 5. The van der Waals surface area contributed by atoms with Gasteiger partial charge in [0.2, 0.25) is 5.91 Å². The molecular formula is C19H22N4O2S. The van der Waals surface area contributed by atoms with Crippen LogP contribution in [0.4, 0.5) is 5.69 Å². The lowest BCUT2D eigenvalue weighted by Gasteiger charge is -2.08. The number of nitrogens with one attached hydrogen (secondary N) is 1. The monoisotopic (exact) mass is 370 g/mol. The van der Waals surface area contributed by atoms with Crippen molar-refractivity contribution in [3.05, 3.63) is 41.8 Å². The Balaban J connectivity index is 1.97. The molecule has 1 amide bonds. The summed E-state index contributed by atoms with van der Waals surface area (Å²) < 4.78 is 7.47. The van der Waals surface area contributed by atoms with Crippen LogP contribution in [-0.2, 0) is 4.79 Å². The van der Waals surface area contributed by atoms with Crippen LogP contribution in [0.25, 0.3) is 16.4 Å². The van der Waals surface area contributed by atoms with Gasteiger partial charge in [-0.3, -0.25) is 4.79 Å². The lowest BCUT2D eigenvalue weighted by atomic mass is 10.2. The third-order valence-corrected chi connectivity index (χ3v) is 4.44. The molecule has 0 bridgehead atoms. The van der Waals surface area contributed by atoms with Crippen LogP contribution in [0.15, 0.2) is 41.8 Å². The van der Waals surface area contributed by atoms with Crippen molar-refractivity contribution in [1.82, 2.24) is 14.8 Å². The summed E-state index contributed by atoms with van der Waals surface area (Å²) >= 11 is 1.59. The maximum atomic E-state index is 11.7. The number of nitrogens with zero attached hydrogens (tertiary/aromatic N) is 3. The van der Waals surface area contributed by atoms with Gasteiger partial charge < -0.3 is 10.1 Å². The van der Waals surface area contributed by atoms with Gasteiger partial charge >= 0.3 is 6.01 Å². The van der Waals surface area contributed by atoms with Crippen molar-refractivity contribution in [3.8, 4) is 22.4 Å². The Morgan fingerprint density at radius 2 is 2.15 bits per heavy atom. The van der Waals surface area contributed by atoms with E-state index in [9.17, 15) is 4.79 Å². The number of thiophene rings is 1. The van der Waals surface area contributed by atoms with Crippen LogP contribution in [0, 0.1) is 5.92 Å². The van der Waals surface area contributed by atoms with E-state index in [1.54, 1.807) is 16.0 Å². The summed E-state index contributed by atoms with van der Waals surface area (Å²) in [5.41, 5.74) is 1.54. The van der Waals surface area contributed by atoms with Gasteiger partial charge in [0.25, 0.3) is 0 Å². The maximum absolute atomic E-state index is 11.7. The normalized spacial score (nSPS) is 10.9. The van der Waals surface area contributed by atoms with Gasteiger partial charge in [-0.05, 0) is 35.6 Å². The van der Waals surface area contributed by atoms with Gasteiger partial charge in [-0.25, -0.2) is 4.68 Å². The van der Waals surface area contributed by atoms with Crippen molar-refractivity contribution in [2.75, 3.05) is 11.9 Å². The molecule has 0 aliphatic heterocycles. The third-order valence-electron chi connectivity index (χ3n) is 3.57. The molecule has 2 heterocycles. The molecular weight excluding hydrogens is 348 g/mol. The first kappa shape index (κ1) is 18.1. The molecule has 3 rings (SSSR count). The van der Waals surface area contributed by atoms with Gasteiger partial charge in [-0.15, -0.1) is 16.4 Å². The highest BCUT2D eigenvalue weighted by Crippen LogP contribution is 2.28. The first-order valence-electron chi connectivity index (χ1n) is 8.61. The Morgan fingerprint density at radius 1 is 1.31 bits per heavy atom. The summed E-state index contributed by atoms with van der Waals surface area (Å²) in [7, 11) is 0. The van der Waals surface area contributed by atoms with E-state index in [-0.39, 0.29) is 5.91 Å². The number of carbonyl (C=O) groups is 1. The Labute approximate surface area is 156 Å². The molecule has 0 radical (unpaired) electrons. The van der Waals surface area contributed by atoms with Crippen LogP contribution in [0.5, 0.6) is 6.01 Å². The topological polar surface area (TPSA) is 69.0 Å². The molecule has 0 unspecified atom stereocenters. The van der Waals surface area contributed by atoms with Gasteiger partial charge in [-0.1, -0.05) is 32.9 Å². The van der Waals surface area contributed by atoms with E-state index in [4.69, 9.17) is 4.74 Å². The number of aromatic nitrogens is 3. The van der Waals surface area contributed by atoms with Crippen LogP contribution >= 0.6 is 11.3 Å². The highest BCUT2D eigenvalue weighted by Gasteiger charge is 2.16. The summed E-state index contributed by atoms with van der Waals surface area (Å²) in [4.78, 5) is 17.2. The number of amides is 1. The van der Waals surface area contributed by atoms with E-state index in [2.05, 4.69) is 29.2 Å². The first-order chi connectivity index (χ1) is 12.6. The molecule has 1 N–H and O–H groups in total. The maximum Gasteiger partial charge on any atom is 0.336 e. The van der Waals surface area contributed by atoms with E-state index in [0.717, 1.165) is 22.1 Å². The molecule has 0 saturated carbocycles. The number of ether oxygens (including phenoxy) is 1. The fourth-order valence-corrected chi connectivity index (χ4v) is 3.00. The van der Waals surface area contributed by atoms with E-state index in [1.165, 1.54) is 0 Å². The summed E-state index contributed by atoms with van der Waals surface area (Å²) in [6, 6.07) is 11.9. The van der Waals surface area contributed by atoms with Crippen molar-refractivity contribution in [3.63, 3.8) is 0 Å². The third kappa shape index (κ3) is 4.29. The molecule has 3 aromatic rings. The van der Waals surface area contributed by atoms with E-state index >= 15 is 0 Å². The minimum Gasteiger partial charge on any atom is -0.462 e. The average Bonchev–Trinajstić information content (AvgIpc) is 3.29. The number of anilines is 1. The Bertz CT molecular complexity index is 872. The standard InChI is InChI=1S/C19H22N4O2S/c1-4-17(24)20-14-7-5-8-15(11-14)23-18(16-9-6-10-26-16)21-19(22-23)25-12-13(2)3/h5-11,13H,4,12H2,1-3H3,(H,20,24). The summed E-state index contributed by atoms with van der Waals surface area (Å²) in [6.45, 7) is 6.54. The zero-order valence-electron chi connectivity index (χ0n) is 15.1. The molecule has 0 aliphatic carbocycles. The Morgan fingerprint density at radius 3 is 2.85 bits per heavy atom. The minimum absolute atomic E-state index is 0.0276. The van der Waals surface area contributed by atoms with Crippen LogP contribution < -0.4 is 10.1 Å². The Hall–Kier alpha value is -2.67. The second-order valence-electron chi connectivity index (χ2n) is 6.26. The molecule has 0 spiro atoms. The predicted molar refractivity (Wildman–Crippen MR) is 104 cm³/mol. The molecule has 26 heavy (non-hydrogen) atoms. The molecule has 7 heteroatoms. The number of hydrogen-bond donors (Lipinski definition) is 1. The van der Waals surface area contributed by atoms with E-state index < -0.39 is 0 Å². The second-order valence-corrected chi connectivity index (χ2v) is 7.21. The number of benzene rings is 1. The van der Waals surface area contributed by atoms with Crippen LogP contribution in [0.2, 0.25) is 0 Å². The molecule has 0 aliphatic rings. The smallest absolute Gasteiger partial charge is 0.336 e. The number of carbonyl (C=O) groups excluding carboxylic acids is 1. The fourth-order valence-electron chi connectivity index (χ4n) is 2.31. The summed E-state index contributed by atoms with van der Waals surface area (Å²) in [6.07, 6.45) is 0.432. The van der Waals surface area contributed by atoms with Gasteiger partial charge in [0.1, 0.15) is 0 Å². The van der Waals surface area contributed by atoms with Crippen molar-refractivity contribution in [2.24, 2.45) is 5.92 Å². The zero-order chi connectivity index (χ0) is 18.5. The molecule has 0 fully saturated rings. The van der Waals surface area contributed by atoms with Gasteiger partial charge in [0.05, 0.1) is 17.2 Å². The molecule has 136 valence electrons. The van der Waals surface area contributed by atoms with E-state index in [0.29, 0.717) is 25.0 Å². The average molecular weight is 370 g/mol. The quantitative estimate of drug-likeness (QED) is 0.670. The molecule has 6 nitrogen and oxygen atoms in total. The minimum atomic E-state index is -0.0276. The fraction of sp³-hybridized carbons (Fsp3) is 0.316. The summed E-state index contributed by atoms with van der Waals surface area (Å²) in [5, 5.41) is 9.40. The summed E-state index contributed by atoms with van der Waals surface area (Å²) in [5.74, 6) is 1.08. The van der Waals surface area contributed by atoms with Crippen LogP contribution in [-0.4, -0.2) is 27.3 Å². The number of rotatable bonds is 7. The van der Waals surface area contributed by atoms with Crippen molar-refractivity contribution < 1.29 is 9.53 Å². The van der Waals surface area contributed by atoms with Crippen LogP contribution in [0.1, 0.15) is 27.2 Å². The molecule has 0 atom stereocenters. The largest absolute Gasteiger partial charge is 0.462 e. The van der Waals surface area contributed by atoms with Crippen molar-refractivity contribution in [2.45, 2.75) is 27.2 Å². The highest BCUT2D eigenvalue weighted by atomic mass is 32.1. The van der Waals surface area contributed by atoms with Gasteiger partial charge in [-0.2, -0.15) is 4.98 Å². The van der Waals surface area contributed by atoms with Crippen LogP contribution in [0.3, 0.4) is 0 Å². The lowest BCUT2D eigenvalue weighted by molar-refractivity contribution is -0.115.